The van der Waals surface area contributed by atoms with Crippen LogP contribution >= 0.6 is 0 Å². The van der Waals surface area contributed by atoms with Gasteiger partial charge in [0.2, 0.25) is 0 Å². The van der Waals surface area contributed by atoms with Crippen LogP contribution in [0.3, 0.4) is 0 Å². The summed E-state index contributed by atoms with van der Waals surface area (Å²) in [5, 5.41) is 11.2. The third kappa shape index (κ3) is 5.84. The monoisotopic (exact) mass is 277 g/mol. The number of pyridine rings is 1. The molecule has 0 spiro atoms. The maximum Gasteiger partial charge on any atom is 0.404 e. The molecule has 7 heteroatoms. The smallest absolute Gasteiger partial charge is 0.404 e. The SMILES string of the molecule is NC(=O)OCCNC(=O)c1cncc(C#CCCO)c1. The predicted octanol–water partition coefficient (Wildman–Crippen LogP) is -0.359. The lowest BCUT2D eigenvalue weighted by atomic mass is 10.2. The zero-order valence-corrected chi connectivity index (χ0v) is 10.8. The molecule has 0 aliphatic carbocycles. The topological polar surface area (TPSA) is 115 Å². The molecule has 1 rings (SSSR count). The van der Waals surface area contributed by atoms with Crippen molar-refractivity contribution in [2.45, 2.75) is 6.42 Å². The van der Waals surface area contributed by atoms with Crippen LogP contribution in [0.5, 0.6) is 0 Å². The summed E-state index contributed by atoms with van der Waals surface area (Å²) in [6.45, 7) is 0.146. The summed E-state index contributed by atoms with van der Waals surface area (Å²) < 4.78 is 4.48. The summed E-state index contributed by atoms with van der Waals surface area (Å²) in [4.78, 5) is 26.0. The first-order valence-electron chi connectivity index (χ1n) is 5.88. The number of aliphatic hydroxyl groups is 1. The maximum absolute atomic E-state index is 11.8. The Morgan fingerprint density at radius 3 is 2.95 bits per heavy atom. The summed E-state index contributed by atoms with van der Waals surface area (Å²) in [5.74, 6) is 5.17. The van der Waals surface area contributed by atoms with Crippen molar-refractivity contribution in [2.24, 2.45) is 5.73 Å². The number of amides is 2. The molecule has 0 aromatic carbocycles. The molecule has 4 N–H and O–H groups in total. The number of hydrogen-bond donors (Lipinski definition) is 3. The minimum Gasteiger partial charge on any atom is -0.448 e. The molecule has 20 heavy (non-hydrogen) atoms. The van der Waals surface area contributed by atoms with Crippen LogP contribution in [-0.4, -0.2) is 41.8 Å². The van der Waals surface area contributed by atoms with E-state index in [4.69, 9.17) is 10.8 Å². The second-order valence-electron chi connectivity index (χ2n) is 3.66. The maximum atomic E-state index is 11.8. The van der Waals surface area contributed by atoms with Gasteiger partial charge in [-0.1, -0.05) is 11.8 Å². The van der Waals surface area contributed by atoms with Crippen molar-refractivity contribution < 1.29 is 19.4 Å². The summed E-state index contributed by atoms with van der Waals surface area (Å²) in [5.41, 5.74) is 5.71. The van der Waals surface area contributed by atoms with Gasteiger partial charge in [0.1, 0.15) is 6.61 Å². The summed E-state index contributed by atoms with van der Waals surface area (Å²) >= 11 is 0. The highest BCUT2D eigenvalue weighted by molar-refractivity contribution is 5.94. The van der Waals surface area contributed by atoms with Gasteiger partial charge < -0.3 is 20.9 Å². The van der Waals surface area contributed by atoms with Crippen LogP contribution in [0, 0.1) is 11.8 Å². The summed E-state index contributed by atoms with van der Waals surface area (Å²) in [6, 6.07) is 1.58. The van der Waals surface area contributed by atoms with Crippen molar-refractivity contribution in [1.82, 2.24) is 10.3 Å². The molecule has 0 saturated carbocycles. The van der Waals surface area contributed by atoms with Gasteiger partial charge >= 0.3 is 6.09 Å². The van der Waals surface area contributed by atoms with Crippen molar-refractivity contribution in [3.63, 3.8) is 0 Å². The van der Waals surface area contributed by atoms with E-state index in [1.165, 1.54) is 12.4 Å². The molecule has 0 saturated heterocycles. The lowest BCUT2D eigenvalue weighted by Gasteiger charge is -2.05. The van der Waals surface area contributed by atoms with Crippen molar-refractivity contribution in [2.75, 3.05) is 19.8 Å². The molecule has 0 unspecified atom stereocenters. The summed E-state index contributed by atoms with van der Waals surface area (Å²) in [7, 11) is 0. The van der Waals surface area contributed by atoms with Gasteiger partial charge in [0.05, 0.1) is 18.7 Å². The minimum absolute atomic E-state index is 0.00446. The van der Waals surface area contributed by atoms with E-state index in [0.717, 1.165) is 0 Å². The third-order valence-electron chi connectivity index (χ3n) is 2.10. The van der Waals surface area contributed by atoms with Gasteiger partial charge in [-0.2, -0.15) is 0 Å². The predicted molar refractivity (Wildman–Crippen MR) is 70.7 cm³/mol. The highest BCUT2D eigenvalue weighted by atomic mass is 16.5. The van der Waals surface area contributed by atoms with Gasteiger partial charge in [-0.3, -0.25) is 9.78 Å². The lowest BCUT2D eigenvalue weighted by molar-refractivity contribution is 0.0936. The first-order valence-corrected chi connectivity index (χ1v) is 5.88. The van der Waals surface area contributed by atoms with Crippen LogP contribution in [-0.2, 0) is 4.74 Å². The number of rotatable bonds is 5. The van der Waals surface area contributed by atoms with Gasteiger partial charge in [0.25, 0.3) is 5.91 Å². The molecule has 1 aromatic heterocycles. The summed E-state index contributed by atoms with van der Waals surface area (Å²) in [6.07, 6.45) is 2.40. The Bertz CT molecular complexity index is 534. The number of carbonyl (C=O) groups excluding carboxylic acids is 2. The molecule has 1 heterocycles. The number of aliphatic hydroxyl groups excluding tert-OH is 1. The number of nitrogens with two attached hydrogens (primary N) is 1. The highest BCUT2D eigenvalue weighted by Crippen LogP contribution is 2.01. The highest BCUT2D eigenvalue weighted by Gasteiger charge is 2.06. The van der Waals surface area contributed by atoms with Crippen molar-refractivity contribution in [3.8, 4) is 11.8 Å². The fraction of sp³-hybridized carbons (Fsp3) is 0.308. The van der Waals surface area contributed by atoms with Crippen LogP contribution in [0.15, 0.2) is 18.5 Å². The van der Waals surface area contributed by atoms with Crippen molar-refractivity contribution in [1.29, 1.82) is 0 Å². The van der Waals surface area contributed by atoms with Crippen molar-refractivity contribution >= 4 is 12.0 Å². The average molecular weight is 277 g/mol. The number of aromatic nitrogens is 1. The zero-order chi connectivity index (χ0) is 14.8. The number of nitrogens with one attached hydrogen (secondary N) is 1. The number of primary amides is 1. The average Bonchev–Trinajstić information content (AvgIpc) is 2.44. The zero-order valence-electron chi connectivity index (χ0n) is 10.8. The Morgan fingerprint density at radius 2 is 2.25 bits per heavy atom. The first-order chi connectivity index (χ1) is 9.63. The van der Waals surface area contributed by atoms with Gasteiger partial charge in [0, 0.05) is 24.4 Å². The quantitative estimate of drug-likeness (QED) is 0.502. The molecule has 7 nitrogen and oxygen atoms in total. The van der Waals surface area contributed by atoms with E-state index in [0.29, 0.717) is 17.5 Å². The molecule has 0 aliphatic heterocycles. The van der Waals surface area contributed by atoms with Gasteiger partial charge in [-0.25, -0.2) is 4.79 Å². The molecule has 0 aliphatic rings. The third-order valence-corrected chi connectivity index (χ3v) is 2.10. The minimum atomic E-state index is -0.887. The second-order valence-corrected chi connectivity index (χ2v) is 3.66. The van der Waals surface area contributed by atoms with Gasteiger partial charge in [-0.05, 0) is 6.07 Å². The van der Waals surface area contributed by atoms with E-state index in [2.05, 4.69) is 26.9 Å². The molecular weight excluding hydrogens is 262 g/mol. The van der Waals surface area contributed by atoms with E-state index in [1.807, 2.05) is 0 Å². The second kappa shape index (κ2) is 8.50. The van der Waals surface area contributed by atoms with E-state index >= 15 is 0 Å². The Labute approximate surface area is 116 Å². The molecule has 0 atom stereocenters. The largest absolute Gasteiger partial charge is 0.448 e. The molecule has 1 aromatic rings. The fourth-order valence-electron chi connectivity index (χ4n) is 1.27. The van der Waals surface area contributed by atoms with Crippen LogP contribution in [0.1, 0.15) is 22.3 Å². The van der Waals surface area contributed by atoms with E-state index in [1.54, 1.807) is 6.07 Å². The number of ether oxygens (including phenoxy) is 1. The normalized spacial score (nSPS) is 9.25. The molecular formula is C13H15N3O4. The van der Waals surface area contributed by atoms with Crippen LogP contribution in [0.2, 0.25) is 0 Å². The van der Waals surface area contributed by atoms with Crippen LogP contribution in [0.4, 0.5) is 4.79 Å². The molecule has 0 bridgehead atoms. The molecule has 0 fully saturated rings. The van der Waals surface area contributed by atoms with Crippen LogP contribution < -0.4 is 11.1 Å². The molecule has 0 radical (unpaired) electrons. The Balaban J connectivity index is 2.54. The Morgan fingerprint density at radius 1 is 1.45 bits per heavy atom. The van der Waals surface area contributed by atoms with Gasteiger partial charge in [0.15, 0.2) is 0 Å². The van der Waals surface area contributed by atoms with Gasteiger partial charge in [-0.15, -0.1) is 0 Å². The number of carbonyl (C=O) groups is 2. The Hall–Kier alpha value is -2.59. The van der Waals surface area contributed by atoms with E-state index < -0.39 is 6.09 Å². The fourth-order valence-corrected chi connectivity index (χ4v) is 1.27. The van der Waals surface area contributed by atoms with E-state index in [-0.39, 0.29) is 25.7 Å². The van der Waals surface area contributed by atoms with Crippen LogP contribution in [0.25, 0.3) is 0 Å². The molecule has 2 amide bonds. The Kier molecular flexibility index (Phi) is 6.57. The molecule has 106 valence electrons. The number of hydrogen-bond acceptors (Lipinski definition) is 5. The van der Waals surface area contributed by atoms with Crippen molar-refractivity contribution in [3.05, 3.63) is 29.6 Å². The standard InChI is InChI=1S/C13H15N3O4/c14-13(19)20-6-4-16-12(18)11-7-10(8-15-9-11)3-1-2-5-17/h7-9,17H,2,4-6H2,(H2,14,19)(H,16,18). The lowest BCUT2D eigenvalue weighted by Crippen LogP contribution is -2.29. The first kappa shape index (κ1) is 15.5. The van der Waals surface area contributed by atoms with E-state index in [9.17, 15) is 9.59 Å². The number of nitrogens with zero attached hydrogens (tertiary/aromatic N) is 1.